The standard InChI is InChI=1S/C16H25NO2/c1-3-12(2)17-10-15(18)11-19-16-8-7-13-5-4-6-14(13)9-16/h7-9,12,15,17-18H,3-6,10-11H2,1-2H3/p+1/t12-,15-/m1/s1. The van der Waals surface area contributed by atoms with Crippen LogP contribution in [0.5, 0.6) is 5.75 Å². The van der Waals surface area contributed by atoms with Gasteiger partial charge in [-0.1, -0.05) is 13.0 Å². The predicted octanol–water partition coefficient (Wildman–Crippen LogP) is 1.28. The first-order valence-corrected chi connectivity index (χ1v) is 7.45. The Hall–Kier alpha value is -1.06. The zero-order chi connectivity index (χ0) is 13.7. The minimum atomic E-state index is -0.401. The van der Waals surface area contributed by atoms with Gasteiger partial charge >= 0.3 is 0 Å². The molecule has 0 bridgehead atoms. The van der Waals surface area contributed by atoms with Crippen molar-refractivity contribution >= 4 is 0 Å². The molecule has 1 aliphatic rings. The first kappa shape index (κ1) is 14.4. The van der Waals surface area contributed by atoms with Gasteiger partial charge in [-0.3, -0.25) is 0 Å². The second-order valence-electron chi connectivity index (χ2n) is 5.61. The maximum Gasteiger partial charge on any atom is 0.137 e. The molecule has 2 atom stereocenters. The Morgan fingerprint density at radius 1 is 1.32 bits per heavy atom. The number of aliphatic hydroxyl groups is 1. The van der Waals surface area contributed by atoms with Crippen LogP contribution in [0.25, 0.3) is 0 Å². The highest BCUT2D eigenvalue weighted by molar-refractivity contribution is 5.38. The van der Waals surface area contributed by atoms with Crippen molar-refractivity contribution in [3.63, 3.8) is 0 Å². The minimum absolute atomic E-state index is 0.381. The van der Waals surface area contributed by atoms with E-state index in [0.29, 0.717) is 19.2 Å². The number of rotatable bonds is 7. The molecular formula is C16H26NO2+. The summed E-state index contributed by atoms with van der Waals surface area (Å²) in [5.74, 6) is 0.892. The predicted molar refractivity (Wildman–Crippen MR) is 76.5 cm³/mol. The monoisotopic (exact) mass is 264 g/mol. The maximum atomic E-state index is 9.89. The number of hydrogen-bond donors (Lipinski definition) is 2. The third-order valence-electron chi connectivity index (χ3n) is 3.97. The summed E-state index contributed by atoms with van der Waals surface area (Å²) in [4.78, 5) is 0. The van der Waals surface area contributed by atoms with Crippen LogP contribution in [-0.2, 0) is 12.8 Å². The molecule has 0 spiro atoms. The van der Waals surface area contributed by atoms with Crippen LogP contribution in [0, 0.1) is 0 Å². The fraction of sp³-hybridized carbons (Fsp3) is 0.625. The molecule has 0 aromatic heterocycles. The molecule has 1 aromatic carbocycles. The van der Waals surface area contributed by atoms with E-state index in [2.05, 4.69) is 31.3 Å². The van der Waals surface area contributed by atoms with Gasteiger partial charge < -0.3 is 15.2 Å². The first-order chi connectivity index (χ1) is 9.19. The van der Waals surface area contributed by atoms with Crippen LogP contribution >= 0.6 is 0 Å². The summed E-state index contributed by atoms with van der Waals surface area (Å²) in [6, 6.07) is 6.88. The summed E-state index contributed by atoms with van der Waals surface area (Å²) in [6.07, 6.45) is 4.34. The molecule has 0 unspecified atom stereocenters. The van der Waals surface area contributed by atoms with Crippen LogP contribution in [0.4, 0.5) is 0 Å². The van der Waals surface area contributed by atoms with E-state index in [0.717, 1.165) is 18.6 Å². The molecule has 0 amide bonds. The van der Waals surface area contributed by atoms with Crippen LogP contribution in [0.3, 0.4) is 0 Å². The van der Waals surface area contributed by atoms with Crippen LogP contribution in [-0.4, -0.2) is 30.4 Å². The molecule has 0 saturated carbocycles. The van der Waals surface area contributed by atoms with E-state index in [-0.39, 0.29) is 0 Å². The fourth-order valence-corrected chi connectivity index (χ4v) is 2.45. The Kier molecular flexibility index (Phi) is 5.23. The molecule has 0 fully saturated rings. The molecule has 19 heavy (non-hydrogen) atoms. The van der Waals surface area contributed by atoms with Gasteiger partial charge in [-0.25, -0.2) is 0 Å². The van der Waals surface area contributed by atoms with Crippen molar-refractivity contribution in [2.24, 2.45) is 0 Å². The normalized spacial score (nSPS) is 17.0. The van der Waals surface area contributed by atoms with Gasteiger partial charge in [-0.05, 0) is 55.9 Å². The highest BCUT2D eigenvalue weighted by atomic mass is 16.5. The number of aryl methyl sites for hydroxylation is 2. The van der Waals surface area contributed by atoms with E-state index in [1.165, 1.54) is 24.0 Å². The van der Waals surface area contributed by atoms with Gasteiger partial charge in [-0.2, -0.15) is 0 Å². The minimum Gasteiger partial charge on any atom is -0.491 e. The van der Waals surface area contributed by atoms with Crippen molar-refractivity contribution in [3.05, 3.63) is 29.3 Å². The third kappa shape index (κ3) is 4.22. The van der Waals surface area contributed by atoms with E-state index >= 15 is 0 Å². The van der Waals surface area contributed by atoms with E-state index in [4.69, 9.17) is 4.74 Å². The van der Waals surface area contributed by atoms with Gasteiger partial charge in [0, 0.05) is 0 Å². The topological polar surface area (TPSA) is 46.1 Å². The molecule has 0 radical (unpaired) electrons. The fourth-order valence-electron chi connectivity index (χ4n) is 2.45. The van der Waals surface area contributed by atoms with Crippen molar-refractivity contribution in [1.29, 1.82) is 0 Å². The summed E-state index contributed by atoms with van der Waals surface area (Å²) in [6.45, 7) is 5.42. The Morgan fingerprint density at radius 3 is 2.89 bits per heavy atom. The molecule has 0 aliphatic heterocycles. The smallest absolute Gasteiger partial charge is 0.137 e. The average molecular weight is 264 g/mol. The van der Waals surface area contributed by atoms with Crippen molar-refractivity contribution < 1.29 is 15.2 Å². The zero-order valence-electron chi connectivity index (χ0n) is 12.1. The lowest BCUT2D eigenvalue weighted by molar-refractivity contribution is -0.691. The highest BCUT2D eigenvalue weighted by Gasteiger charge is 2.13. The number of aliphatic hydroxyl groups excluding tert-OH is 1. The second kappa shape index (κ2) is 6.92. The van der Waals surface area contributed by atoms with Gasteiger partial charge in [0.15, 0.2) is 0 Å². The molecule has 1 aromatic rings. The van der Waals surface area contributed by atoms with E-state index in [1.54, 1.807) is 0 Å². The molecule has 3 nitrogen and oxygen atoms in total. The van der Waals surface area contributed by atoms with Gasteiger partial charge in [-0.15, -0.1) is 0 Å². The van der Waals surface area contributed by atoms with Crippen molar-refractivity contribution in [2.45, 2.75) is 51.7 Å². The number of benzene rings is 1. The third-order valence-corrected chi connectivity index (χ3v) is 3.97. The molecule has 2 rings (SSSR count). The molecular weight excluding hydrogens is 238 g/mol. The molecule has 0 saturated heterocycles. The number of hydrogen-bond acceptors (Lipinski definition) is 2. The van der Waals surface area contributed by atoms with Crippen LogP contribution < -0.4 is 10.1 Å². The summed E-state index contributed by atoms with van der Waals surface area (Å²) in [5.41, 5.74) is 2.87. The molecule has 3 N–H and O–H groups in total. The number of fused-ring (bicyclic) bond motifs is 1. The van der Waals surface area contributed by atoms with E-state index in [9.17, 15) is 5.11 Å². The lowest BCUT2D eigenvalue weighted by Crippen LogP contribution is -2.91. The molecule has 1 aliphatic carbocycles. The second-order valence-corrected chi connectivity index (χ2v) is 5.61. The van der Waals surface area contributed by atoms with Crippen molar-refractivity contribution in [2.75, 3.05) is 13.2 Å². The van der Waals surface area contributed by atoms with Gasteiger partial charge in [0.05, 0.1) is 6.04 Å². The largest absolute Gasteiger partial charge is 0.491 e. The lowest BCUT2D eigenvalue weighted by Gasteiger charge is -2.14. The summed E-state index contributed by atoms with van der Waals surface area (Å²) in [7, 11) is 0. The van der Waals surface area contributed by atoms with Crippen LogP contribution in [0.1, 0.15) is 37.8 Å². The Labute approximate surface area is 116 Å². The molecule has 0 heterocycles. The van der Waals surface area contributed by atoms with Gasteiger partial charge in [0.1, 0.15) is 25.0 Å². The molecule has 3 heteroatoms. The molecule has 106 valence electrons. The van der Waals surface area contributed by atoms with Gasteiger partial charge in [0.25, 0.3) is 0 Å². The van der Waals surface area contributed by atoms with E-state index in [1.807, 2.05) is 6.07 Å². The number of nitrogens with two attached hydrogens (primary N) is 1. The zero-order valence-corrected chi connectivity index (χ0v) is 12.1. The summed E-state index contributed by atoms with van der Waals surface area (Å²) in [5, 5.41) is 12.1. The van der Waals surface area contributed by atoms with Crippen molar-refractivity contribution in [1.82, 2.24) is 0 Å². The van der Waals surface area contributed by atoms with Gasteiger partial charge in [0.2, 0.25) is 0 Å². The Bertz CT molecular complexity index is 406. The number of quaternary nitrogens is 1. The van der Waals surface area contributed by atoms with Crippen LogP contribution in [0.2, 0.25) is 0 Å². The van der Waals surface area contributed by atoms with Crippen molar-refractivity contribution in [3.8, 4) is 5.75 Å². The number of ether oxygens (including phenoxy) is 1. The quantitative estimate of drug-likeness (QED) is 0.779. The highest BCUT2D eigenvalue weighted by Crippen LogP contribution is 2.25. The lowest BCUT2D eigenvalue weighted by atomic mass is 10.1. The van der Waals surface area contributed by atoms with Crippen LogP contribution in [0.15, 0.2) is 18.2 Å². The summed E-state index contributed by atoms with van der Waals surface area (Å²) < 4.78 is 5.69. The Morgan fingerprint density at radius 2 is 2.11 bits per heavy atom. The Balaban J connectivity index is 1.75. The van der Waals surface area contributed by atoms with E-state index < -0.39 is 6.10 Å². The SMILES string of the molecule is CC[C@@H](C)[NH2+]C[C@@H](O)COc1ccc2c(c1)CCC2. The first-order valence-electron chi connectivity index (χ1n) is 7.45. The summed E-state index contributed by atoms with van der Waals surface area (Å²) >= 11 is 0. The maximum absolute atomic E-state index is 9.89. The average Bonchev–Trinajstić information content (AvgIpc) is 2.89.